The summed E-state index contributed by atoms with van der Waals surface area (Å²) in [5, 5.41) is 37.9. The van der Waals surface area contributed by atoms with Crippen LogP contribution in [0.1, 0.15) is 71.1 Å². The first-order valence-corrected chi connectivity index (χ1v) is 9.11. The molecule has 0 saturated carbocycles. The van der Waals surface area contributed by atoms with Gasteiger partial charge in [0.1, 0.15) is 18.3 Å². The third-order valence-electron chi connectivity index (χ3n) is 4.16. The molecular weight excluding hydrogens is 294 g/mol. The van der Waals surface area contributed by atoms with Crippen LogP contribution in [0.5, 0.6) is 0 Å². The number of hydrogen-bond acceptors (Lipinski definition) is 5. The third kappa shape index (κ3) is 11.7. The van der Waals surface area contributed by atoms with Crippen molar-refractivity contribution in [1.29, 1.82) is 0 Å². The lowest BCUT2D eigenvalue weighted by Crippen LogP contribution is -2.49. The fourth-order valence-corrected chi connectivity index (χ4v) is 2.49. The Morgan fingerprint density at radius 3 is 1.87 bits per heavy atom. The topological polar surface area (TPSA) is 107 Å². The maximum Gasteiger partial charge on any atom is 0.111 e. The highest BCUT2D eigenvalue weighted by Gasteiger charge is 2.27. The lowest BCUT2D eigenvalue weighted by atomic mass is 10.0. The Balaban J connectivity index is 3.62. The molecule has 0 amide bonds. The van der Waals surface area contributed by atoms with Gasteiger partial charge in [-0.1, -0.05) is 70.4 Å². The predicted octanol–water partition coefficient (Wildman–Crippen LogP) is 1.87. The van der Waals surface area contributed by atoms with Crippen LogP contribution >= 0.6 is 0 Å². The standard InChI is InChI=1S/C18H37NO4/c1-2-3-4-5-6-7-8-9-10-11-12-13-16(21)18(23)17(22)15(19)14-20/h12-13,15-18,20-23H,2-11,14,19H2,1H3/b13-12+/t15-,16+,17-,18+/m0/s1. The third-order valence-corrected chi connectivity index (χ3v) is 4.16. The van der Waals surface area contributed by atoms with E-state index in [-0.39, 0.29) is 0 Å². The van der Waals surface area contributed by atoms with Crippen molar-refractivity contribution >= 4 is 0 Å². The zero-order valence-corrected chi connectivity index (χ0v) is 14.6. The minimum absolute atomic E-state index is 0.437. The largest absolute Gasteiger partial charge is 0.395 e. The first-order valence-electron chi connectivity index (χ1n) is 9.11. The van der Waals surface area contributed by atoms with E-state index in [4.69, 9.17) is 10.8 Å². The van der Waals surface area contributed by atoms with Crippen LogP contribution in [0.4, 0.5) is 0 Å². The van der Waals surface area contributed by atoms with Gasteiger partial charge in [0.15, 0.2) is 0 Å². The van der Waals surface area contributed by atoms with Gasteiger partial charge in [0.05, 0.1) is 12.6 Å². The summed E-state index contributed by atoms with van der Waals surface area (Å²) in [6.07, 6.45) is 11.7. The Labute approximate surface area is 141 Å². The molecule has 6 N–H and O–H groups in total. The summed E-state index contributed by atoms with van der Waals surface area (Å²) in [5.41, 5.74) is 5.42. The minimum atomic E-state index is -1.38. The van der Waals surface area contributed by atoms with Crippen LogP contribution < -0.4 is 5.73 Å². The monoisotopic (exact) mass is 331 g/mol. The molecule has 0 aromatic heterocycles. The van der Waals surface area contributed by atoms with Gasteiger partial charge < -0.3 is 26.2 Å². The van der Waals surface area contributed by atoms with Crippen LogP contribution in [-0.2, 0) is 0 Å². The molecule has 0 aliphatic carbocycles. The second-order valence-electron chi connectivity index (χ2n) is 6.36. The fourth-order valence-electron chi connectivity index (χ4n) is 2.49. The number of aliphatic hydroxyl groups excluding tert-OH is 4. The van der Waals surface area contributed by atoms with E-state index in [2.05, 4.69) is 6.92 Å². The second-order valence-corrected chi connectivity index (χ2v) is 6.36. The van der Waals surface area contributed by atoms with Gasteiger partial charge in [-0.05, 0) is 12.8 Å². The van der Waals surface area contributed by atoms with Crippen molar-refractivity contribution in [3.8, 4) is 0 Å². The zero-order chi connectivity index (χ0) is 17.5. The zero-order valence-electron chi connectivity index (χ0n) is 14.6. The lowest BCUT2D eigenvalue weighted by Gasteiger charge is -2.24. The number of hydrogen-bond donors (Lipinski definition) is 5. The van der Waals surface area contributed by atoms with Gasteiger partial charge in [-0.2, -0.15) is 0 Å². The Hall–Kier alpha value is -0.460. The molecule has 0 spiro atoms. The summed E-state index contributed by atoms with van der Waals surface area (Å²) in [6, 6.07) is -0.953. The molecule has 5 heteroatoms. The molecule has 0 aromatic rings. The second kappa shape index (κ2) is 15.1. The first-order chi connectivity index (χ1) is 11.0. The summed E-state index contributed by atoms with van der Waals surface area (Å²) in [4.78, 5) is 0. The molecule has 0 rings (SSSR count). The van der Waals surface area contributed by atoms with Crippen molar-refractivity contribution < 1.29 is 20.4 Å². The SMILES string of the molecule is CCCCCCCCCCC/C=C/[C@@H](O)[C@@H](O)[C@@H](O)[C@@H](N)CO. The maximum atomic E-state index is 9.74. The molecule has 4 atom stereocenters. The minimum Gasteiger partial charge on any atom is -0.395 e. The van der Waals surface area contributed by atoms with Crippen molar-refractivity contribution in [3.05, 3.63) is 12.2 Å². The average Bonchev–Trinajstić information content (AvgIpc) is 2.57. The van der Waals surface area contributed by atoms with Crippen LogP contribution in [0.25, 0.3) is 0 Å². The molecule has 0 heterocycles. The van der Waals surface area contributed by atoms with Crippen LogP contribution in [0, 0.1) is 0 Å². The number of allylic oxidation sites excluding steroid dienone is 1. The van der Waals surface area contributed by atoms with Gasteiger partial charge in [-0.25, -0.2) is 0 Å². The summed E-state index contributed by atoms with van der Waals surface area (Å²) in [5.74, 6) is 0. The Kier molecular flexibility index (Phi) is 14.8. The van der Waals surface area contributed by atoms with Crippen LogP contribution in [0.2, 0.25) is 0 Å². The summed E-state index contributed by atoms with van der Waals surface area (Å²) >= 11 is 0. The molecule has 0 aliphatic rings. The van der Waals surface area contributed by atoms with Crippen molar-refractivity contribution in [2.75, 3.05) is 6.61 Å². The molecular formula is C18H37NO4. The van der Waals surface area contributed by atoms with Gasteiger partial charge in [-0.15, -0.1) is 0 Å². The first kappa shape index (κ1) is 22.5. The van der Waals surface area contributed by atoms with Gasteiger partial charge >= 0.3 is 0 Å². The molecule has 0 aromatic carbocycles. The highest BCUT2D eigenvalue weighted by molar-refractivity contribution is 4.96. The predicted molar refractivity (Wildman–Crippen MR) is 94.1 cm³/mol. The quantitative estimate of drug-likeness (QED) is 0.233. The Morgan fingerprint density at radius 1 is 0.826 bits per heavy atom. The van der Waals surface area contributed by atoms with Gasteiger partial charge in [0.25, 0.3) is 0 Å². The summed E-state index contributed by atoms with van der Waals surface area (Å²) in [6.45, 7) is 1.79. The van der Waals surface area contributed by atoms with Crippen LogP contribution in [-0.4, -0.2) is 51.4 Å². The van der Waals surface area contributed by atoms with E-state index in [0.29, 0.717) is 0 Å². The average molecular weight is 331 g/mol. The van der Waals surface area contributed by atoms with Gasteiger partial charge in [-0.3, -0.25) is 0 Å². The highest BCUT2D eigenvalue weighted by Crippen LogP contribution is 2.11. The summed E-state index contributed by atoms with van der Waals surface area (Å²) < 4.78 is 0. The molecule has 0 radical (unpaired) electrons. The van der Waals surface area contributed by atoms with Crippen LogP contribution in [0.15, 0.2) is 12.2 Å². The van der Waals surface area contributed by atoms with E-state index >= 15 is 0 Å². The van der Waals surface area contributed by atoms with E-state index in [1.165, 1.54) is 57.4 Å². The van der Waals surface area contributed by atoms with Crippen LogP contribution in [0.3, 0.4) is 0 Å². The van der Waals surface area contributed by atoms with E-state index in [1.54, 1.807) is 0 Å². The normalized spacial score (nSPS) is 17.3. The molecule has 0 unspecified atom stereocenters. The summed E-state index contributed by atoms with van der Waals surface area (Å²) in [7, 11) is 0. The number of rotatable bonds is 15. The Morgan fingerprint density at radius 2 is 1.35 bits per heavy atom. The molecule has 0 saturated heterocycles. The number of nitrogens with two attached hydrogens (primary N) is 1. The molecule has 138 valence electrons. The molecule has 0 aliphatic heterocycles. The van der Waals surface area contributed by atoms with Gasteiger partial charge in [0, 0.05) is 0 Å². The molecule has 5 nitrogen and oxygen atoms in total. The lowest BCUT2D eigenvalue weighted by molar-refractivity contribution is -0.0570. The van der Waals surface area contributed by atoms with Crippen molar-refractivity contribution in [2.24, 2.45) is 5.73 Å². The van der Waals surface area contributed by atoms with E-state index in [9.17, 15) is 15.3 Å². The number of unbranched alkanes of at least 4 members (excludes halogenated alkanes) is 9. The molecule has 0 fully saturated rings. The number of aliphatic hydroxyl groups is 4. The smallest absolute Gasteiger partial charge is 0.111 e. The van der Waals surface area contributed by atoms with E-state index < -0.39 is 31.0 Å². The fraction of sp³-hybridized carbons (Fsp3) is 0.889. The Bertz CT molecular complexity index is 286. The van der Waals surface area contributed by atoms with E-state index in [1.807, 2.05) is 6.08 Å². The van der Waals surface area contributed by atoms with Crippen molar-refractivity contribution in [3.63, 3.8) is 0 Å². The molecule has 0 bridgehead atoms. The molecule has 23 heavy (non-hydrogen) atoms. The van der Waals surface area contributed by atoms with Crippen molar-refractivity contribution in [2.45, 2.75) is 95.5 Å². The maximum absolute atomic E-state index is 9.74. The van der Waals surface area contributed by atoms with Gasteiger partial charge in [0.2, 0.25) is 0 Å². The highest BCUT2D eigenvalue weighted by atomic mass is 16.4. The van der Waals surface area contributed by atoms with E-state index in [0.717, 1.165) is 12.8 Å². The van der Waals surface area contributed by atoms with Crippen molar-refractivity contribution in [1.82, 2.24) is 0 Å².